The highest BCUT2D eigenvalue weighted by Crippen LogP contribution is 2.36. The monoisotopic (exact) mass is 453 g/mol. The molecule has 3 atom stereocenters. The normalized spacial score (nSPS) is 20.7. The van der Waals surface area contributed by atoms with E-state index in [1.165, 1.54) is 12.1 Å². The van der Waals surface area contributed by atoms with Crippen molar-refractivity contribution in [3.63, 3.8) is 0 Å². The van der Waals surface area contributed by atoms with Gasteiger partial charge in [0.2, 0.25) is 6.29 Å². The van der Waals surface area contributed by atoms with Gasteiger partial charge in [-0.3, -0.25) is 4.79 Å². The number of hydrogen-bond acceptors (Lipinski definition) is 6. The number of aliphatic hydroxyl groups excluding tert-OH is 1. The number of hydrogen-bond donors (Lipinski definition) is 2. The van der Waals surface area contributed by atoms with Crippen LogP contribution in [0.15, 0.2) is 36.1 Å². The van der Waals surface area contributed by atoms with Crippen molar-refractivity contribution in [2.75, 3.05) is 39.6 Å². The molecule has 0 saturated heterocycles. The second-order valence-corrected chi connectivity index (χ2v) is 8.00. The van der Waals surface area contributed by atoms with Crippen molar-refractivity contribution in [1.82, 2.24) is 5.32 Å². The van der Waals surface area contributed by atoms with Crippen LogP contribution >= 0.6 is 0 Å². The van der Waals surface area contributed by atoms with Gasteiger partial charge < -0.3 is 29.4 Å². The number of nitrogens with one attached hydrogen (secondary N) is 1. The molecule has 2 N–H and O–H groups in total. The summed E-state index contributed by atoms with van der Waals surface area (Å²) >= 11 is 0. The number of rotatable bonds is 14. The number of benzene rings is 1. The Labute approximate surface area is 189 Å². The lowest BCUT2D eigenvalue weighted by atomic mass is 9.79. The molecule has 1 aromatic rings. The SMILES string of the molecule is CCOC1OC(C(=O)NCc2ccc(F)cc2)=CC(C(C)C)C1CCOCCOCCO. The van der Waals surface area contributed by atoms with E-state index in [0.29, 0.717) is 39.5 Å². The number of ether oxygens (including phenoxy) is 4. The second kappa shape index (κ2) is 14.2. The third-order valence-electron chi connectivity index (χ3n) is 5.32. The predicted molar refractivity (Wildman–Crippen MR) is 118 cm³/mol. The van der Waals surface area contributed by atoms with E-state index in [4.69, 9.17) is 24.1 Å². The van der Waals surface area contributed by atoms with Gasteiger partial charge in [-0.1, -0.05) is 26.0 Å². The molecule has 1 heterocycles. The van der Waals surface area contributed by atoms with Crippen molar-refractivity contribution >= 4 is 5.91 Å². The Kier molecular flexibility index (Phi) is 11.7. The van der Waals surface area contributed by atoms with E-state index in [1.54, 1.807) is 12.1 Å². The fraction of sp³-hybridized carbons (Fsp3) is 0.625. The maximum Gasteiger partial charge on any atom is 0.286 e. The van der Waals surface area contributed by atoms with Crippen LogP contribution in [0.1, 0.15) is 32.8 Å². The number of allylic oxidation sites excluding steroid dienone is 1. The number of aliphatic hydroxyl groups is 1. The summed E-state index contributed by atoms with van der Waals surface area (Å²) in [6.45, 7) is 8.56. The molecule has 32 heavy (non-hydrogen) atoms. The lowest BCUT2D eigenvalue weighted by Crippen LogP contribution is -2.41. The molecule has 0 radical (unpaired) electrons. The van der Waals surface area contributed by atoms with Gasteiger partial charge in [-0.2, -0.15) is 0 Å². The van der Waals surface area contributed by atoms with Crippen LogP contribution in [-0.2, 0) is 30.3 Å². The summed E-state index contributed by atoms with van der Waals surface area (Å²) < 4.78 is 35.7. The fourth-order valence-corrected chi connectivity index (χ4v) is 3.68. The molecule has 7 nitrogen and oxygen atoms in total. The highest BCUT2D eigenvalue weighted by atomic mass is 19.1. The van der Waals surface area contributed by atoms with Crippen LogP contribution in [0.2, 0.25) is 0 Å². The molecule has 1 aromatic carbocycles. The van der Waals surface area contributed by atoms with E-state index >= 15 is 0 Å². The maximum atomic E-state index is 13.1. The van der Waals surface area contributed by atoms with Crippen molar-refractivity contribution in [1.29, 1.82) is 0 Å². The average Bonchev–Trinajstić information content (AvgIpc) is 2.78. The predicted octanol–water partition coefficient (Wildman–Crippen LogP) is 3.02. The maximum absolute atomic E-state index is 13.1. The summed E-state index contributed by atoms with van der Waals surface area (Å²) in [5, 5.41) is 11.6. The summed E-state index contributed by atoms with van der Waals surface area (Å²) in [5.41, 5.74) is 0.802. The van der Waals surface area contributed by atoms with Crippen molar-refractivity contribution in [3.05, 3.63) is 47.5 Å². The lowest BCUT2D eigenvalue weighted by molar-refractivity contribution is -0.177. The van der Waals surface area contributed by atoms with Crippen LogP contribution < -0.4 is 5.32 Å². The van der Waals surface area contributed by atoms with Gasteiger partial charge in [0.05, 0.1) is 26.4 Å². The smallest absolute Gasteiger partial charge is 0.286 e. The fourth-order valence-electron chi connectivity index (χ4n) is 3.68. The quantitative estimate of drug-likeness (QED) is 0.421. The van der Waals surface area contributed by atoms with Gasteiger partial charge in [0.25, 0.3) is 5.91 Å². The molecule has 0 aliphatic carbocycles. The summed E-state index contributed by atoms with van der Waals surface area (Å²) in [4.78, 5) is 12.8. The van der Waals surface area contributed by atoms with Crippen molar-refractivity contribution in [2.24, 2.45) is 17.8 Å². The van der Waals surface area contributed by atoms with Crippen LogP contribution in [0.3, 0.4) is 0 Å². The van der Waals surface area contributed by atoms with Gasteiger partial charge in [-0.25, -0.2) is 4.39 Å². The second-order valence-electron chi connectivity index (χ2n) is 8.00. The molecule has 1 aliphatic heterocycles. The summed E-state index contributed by atoms with van der Waals surface area (Å²) in [6, 6.07) is 6.00. The van der Waals surface area contributed by atoms with Crippen molar-refractivity contribution in [3.8, 4) is 0 Å². The molecule has 1 amide bonds. The summed E-state index contributed by atoms with van der Waals surface area (Å²) in [6.07, 6.45) is 2.06. The molecule has 180 valence electrons. The topological polar surface area (TPSA) is 86.3 Å². The van der Waals surface area contributed by atoms with Crippen molar-refractivity contribution < 1.29 is 33.2 Å². The standard InChI is InChI=1S/C24H36FNO6/c1-4-31-24-20(9-11-29-13-14-30-12-10-27)21(17(2)3)15-22(32-24)23(28)26-16-18-5-7-19(25)8-6-18/h5-8,15,17,20-21,24,27H,4,9-14,16H2,1-3H3,(H,26,28). The van der Waals surface area contributed by atoms with Gasteiger partial charge in [0, 0.05) is 25.7 Å². The van der Waals surface area contributed by atoms with Gasteiger partial charge in [0.1, 0.15) is 5.82 Å². The van der Waals surface area contributed by atoms with Crippen LogP contribution in [0.25, 0.3) is 0 Å². The molecular formula is C24H36FNO6. The van der Waals surface area contributed by atoms with Gasteiger partial charge in [0.15, 0.2) is 5.76 Å². The van der Waals surface area contributed by atoms with Crippen LogP contribution in [0.5, 0.6) is 0 Å². The lowest BCUT2D eigenvalue weighted by Gasteiger charge is -2.38. The summed E-state index contributed by atoms with van der Waals surface area (Å²) in [5.74, 6) is 0.0207. The molecule has 1 aliphatic rings. The number of halogens is 1. The van der Waals surface area contributed by atoms with E-state index in [0.717, 1.165) is 5.56 Å². The van der Waals surface area contributed by atoms with E-state index in [9.17, 15) is 9.18 Å². The number of carbonyl (C=O) groups is 1. The Hall–Kier alpha value is -2.00. The molecule has 3 unspecified atom stereocenters. The highest BCUT2D eigenvalue weighted by Gasteiger charge is 2.38. The van der Waals surface area contributed by atoms with Crippen LogP contribution in [-0.4, -0.2) is 56.9 Å². The van der Waals surface area contributed by atoms with Gasteiger partial charge >= 0.3 is 0 Å². The Balaban J connectivity index is 1.97. The molecule has 0 spiro atoms. The first-order chi connectivity index (χ1) is 15.5. The largest absolute Gasteiger partial charge is 0.459 e. The van der Waals surface area contributed by atoms with E-state index in [2.05, 4.69) is 19.2 Å². The van der Waals surface area contributed by atoms with E-state index < -0.39 is 6.29 Å². The first-order valence-electron chi connectivity index (χ1n) is 11.2. The van der Waals surface area contributed by atoms with Crippen molar-refractivity contribution in [2.45, 2.75) is 40.0 Å². The minimum Gasteiger partial charge on any atom is -0.459 e. The third kappa shape index (κ3) is 8.50. The summed E-state index contributed by atoms with van der Waals surface area (Å²) in [7, 11) is 0. The van der Waals surface area contributed by atoms with E-state index in [1.807, 2.05) is 13.0 Å². The average molecular weight is 454 g/mol. The first-order valence-corrected chi connectivity index (χ1v) is 11.2. The molecule has 0 saturated carbocycles. The molecule has 0 fully saturated rings. The number of carbonyl (C=O) groups excluding carboxylic acids is 1. The Morgan fingerprint density at radius 1 is 1.16 bits per heavy atom. The first kappa shape index (κ1) is 26.3. The minimum atomic E-state index is -0.543. The van der Waals surface area contributed by atoms with Crippen LogP contribution in [0, 0.1) is 23.6 Å². The molecule has 2 rings (SSSR count). The van der Waals surface area contributed by atoms with E-state index in [-0.39, 0.29) is 48.4 Å². The zero-order valence-corrected chi connectivity index (χ0v) is 19.2. The Morgan fingerprint density at radius 2 is 1.84 bits per heavy atom. The van der Waals surface area contributed by atoms with Gasteiger partial charge in [-0.05, 0) is 49.0 Å². The van der Waals surface area contributed by atoms with Crippen LogP contribution in [0.4, 0.5) is 4.39 Å². The molecule has 0 aromatic heterocycles. The molecule has 8 heteroatoms. The Morgan fingerprint density at radius 3 is 2.47 bits per heavy atom. The zero-order valence-electron chi connectivity index (χ0n) is 19.2. The zero-order chi connectivity index (χ0) is 23.3. The molecule has 0 bridgehead atoms. The Bertz CT molecular complexity index is 709. The highest BCUT2D eigenvalue weighted by molar-refractivity contribution is 5.91. The third-order valence-corrected chi connectivity index (χ3v) is 5.32. The number of amides is 1. The minimum absolute atomic E-state index is 0.00232. The van der Waals surface area contributed by atoms with Gasteiger partial charge in [-0.15, -0.1) is 0 Å². The molecular weight excluding hydrogens is 417 g/mol.